The molecule has 1 amide bonds. The van der Waals surface area contributed by atoms with E-state index in [1.165, 1.54) is 43.7 Å². The highest BCUT2D eigenvalue weighted by molar-refractivity contribution is 7.89. The fourth-order valence-corrected chi connectivity index (χ4v) is 6.34. The Balaban J connectivity index is 1.69. The van der Waals surface area contributed by atoms with Gasteiger partial charge in [-0.15, -0.1) is 0 Å². The highest BCUT2D eigenvalue weighted by atomic mass is 32.2. The van der Waals surface area contributed by atoms with E-state index in [1.54, 1.807) is 32.0 Å². The molecule has 34 heavy (non-hydrogen) atoms. The number of rotatable bonds is 7. The van der Waals surface area contributed by atoms with Crippen molar-refractivity contribution in [2.45, 2.75) is 36.5 Å². The molecule has 0 aliphatic carbocycles. The average molecular weight is 510 g/mol. The van der Waals surface area contributed by atoms with E-state index in [9.17, 15) is 21.6 Å². The van der Waals surface area contributed by atoms with Gasteiger partial charge in [0.15, 0.2) is 0 Å². The fourth-order valence-electron chi connectivity index (χ4n) is 3.86. The Morgan fingerprint density at radius 1 is 0.971 bits per heavy atom. The molecule has 11 heteroatoms. The van der Waals surface area contributed by atoms with Gasteiger partial charge in [0, 0.05) is 38.8 Å². The first-order valence-corrected chi connectivity index (χ1v) is 13.7. The molecule has 1 heterocycles. The van der Waals surface area contributed by atoms with Crippen LogP contribution in [0.25, 0.3) is 0 Å². The molecule has 1 saturated heterocycles. The maximum Gasteiger partial charge on any atom is 0.243 e. The Kier molecular flexibility index (Phi) is 7.71. The van der Waals surface area contributed by atoms with Crippen LogP contribution in [-0.4, -0.2) is 65.6 Å². The number of benzene rings is 2. The highest BCUT2D eigenvalue weighted by Gasteiger charge is 2.32. The number of nitrogens with one attached hydrogen (secondary N) is 1. The molecule has 0 atom stereocenters. The lowest BCUT2D eigenvalue weighted by atomic mass is 9.97. The summed E-state index contributed by atoms with van der Waals surface area (Å²) in [5, 5.41) is 2.83. The Morgan fingerprint density at radius 2 is 1.59 bits per heavy atom. The first-order valence-electron chi connectivity index (χ1n) is 10.9. The van der Waals surface area contributed by atoms with Crippen LogP contribution in [-0.2, 0) is 24.8 Å². The molecule has 0 bridgehead atoms. The van der Waals surface area contributed by atoms with Crippen molar-refractivity contribution >= 4 is 31.6 Å². The maximum atomic E-state index is 13.1. The van der Waals surface area contributed by atoms with Crippen LogP contribution in [0.4, 0.5) is 5.69 Å². The van der Waals surface area contributed by atoms with E-state index in [4.69, 9.17) is 4.74 Å². The van der Waals surface area contributed by atoms with Gasteiger partial charge in [0.2, 0.25) is 26.0 Å². The largest absolute Gasteiger partial charge is 0.496 e. The number of carbonyl (C=O) groups is 1. The van der Waals surface area contributed by atoms with Crippen LogP contribution in [0.2, 0.25) is 0 Å². The second kappa shape index (κ2) is 10.0. The minimum Gasteiger partial charge on any atom is -0.496 e. The summed E-state index contributed by atoms with van der Waals surface area (Å²) in [5.74, 6) is -0.00974. The maximum absolute atomic E-state index is 13.1. The van der Waals surface area contributed by atoms with E-state index in [1.807, 2.05) is 0 Å². The molecule has 1 aliphatic rings. The first kappa shape index (κ1) is 26.1. The van der Waals surface area contributed by atoms with Gasteiger partial charge in [-0.25, -0.2) is 21.1 Å². The molecular weight excluding hydrogens is 478 g/mol. The van der Waals surface area contributed by atoms with E-state index < -0.39 is 20.0 Å². The Bertz CT molecular complexity index is 1280. The van der Waals surface area contributed by atoms with Gasteiger partial charge in [-0.2, -0.15) is 4.31 Å². The monoisotopic (exact) mass is 509 g/mol. The standard InChI is InChI=1S/C23H31N3O6S2/c1-16-6-7-20(33(28,29)25(3)4)15-21(16)24-23(27)18-10-12-26(13-11-18)34(30,31)19-8-9-22(32-5)17(2)14-19/h6-9,14-15,18H,10-13H2,1-5H3,(H,24,27). The van der Waals surface area contributed by atoms with Crippen molar-refractivity contribution in [2.75, 3.05) is 39.6 Å². The van der Waals surface area contributed by atoms with Gasteiger partial charge in [0.05, 0.1) is 16.9 Å². The summed E-state index contributed by atoms with van der Waals surface area (Å²) in [4.78, 5) is 13.2. The molecular formula is C23H31N3O6S2. The van der Waals surface area contributed by atoms with Crippen LogP contribution in [0, 0.1) is 19.8 Å². The zero-order chi connectivity index (χ0) is 25.3. The number of ether oxygens (including phenoxy) is 1. The number of sulfonamides is 2. The quantitative estimate of drug-likeness (QED) is 0.614. The zero-order valence-corrected chi connectivity index (χ0v) is 21.7. The Labute approximate surface area is 201 Å². The number of anilines is 1. The van der Waals surface area contributed by atoms with Gasteiger partial charge in [0.1, 0.15) is 5.75 Å². The van der Waals surface area contributed by atoms with Crippen LogP contribution in [0.3, 0.4) is 0 Å². The molecule has 1 N–H and O–H groups in total. The van der Waals surface area contributed by atoms with Crippen molar-refractivity contribution < 1.29 is 26.4 Å². The smallest absolute Gasteiger partial charge is 0.243 e. The summed E-state index contributed by atoms with van der Waals surface area (Å²) in [7, 11) is -2.89. The molecule has 2 aromatic carbocycles. The number of nitrogens with zero attached hydrogens (tertiary/aromatic N) is 2. The molecule has 186 valence electrons. The molecule has 1 fully saturated rings. The third-order valence-electron chi connectivity index (χ3n) is 6.07. The van der Waals surface area contributed by atoms with Crippen LogP contribution in [0.1, 0.15) is 24.0 Å². The average Bonchev–Trinajstić information content (AvgIpc) is 2.80. The number of hydrogen-bond acceptors (Lipinski definition) is 6. The lowest BCUT2D eigenvalue weighted by molar-refractivity contribution is -0.120. The summed E-state index contributed by atoms with van der Waals surface area (Å²) in [5.41, 5.74) is 1.89. The molecule has 0 spiro atoms. The summed E-state index contributed by atoms with van der Waals surface area (Å²) in [6, 6.07) is 9.36. The molecule has 0 aromatic heterocycles. The van der Waals surface area contributed by atoms with E-state index in [2.05, 4.69) is 5.32 Å². The van der Waals surface area contributed by atoms with Crippen molar-refractivity contribution in [2.24, 2.45) is 5.92 Å². The number of hydrogen-bond donors (Lipinski definition) is 1. The third kappa shape index (κ3) is 5.27. The third-order valence-corrected chi connectivity index (χ3v) is 9.78. The van der Waals surface area contributed by atoms with Crippen LogP contribution in [0.15, 0.2) is 46.2 Å². The van der Waals surface area contributed by atoms with Crippen molar-refractivity contribution in [3.63, 3.8) is 0 Å². The number of carbonyl (C=O) groups excluding carboxylic acids is 1. The molecule has 0 saturated carbocycles. The lowest BCUT2D eigenvalue weighted by Gasteiger charge is -2.30. The Hall–Kier alpha value is -2.47. The second-order valence-electron chi connectivity index (χ2n) is 8.56. The highest BCUT2D eigenvalue weighted by Crippen LogP contribution is 2.28. The van der Waals surface area contributed by atoms with E-state index in [0.717, 1.165) is 15.4 Å². The SMILES string of the molecule is COc1ccc(S(=O)(=O)N2CCC(C(=O)Nc3cc(S(=O)(=O)N(C)C)ccc3C)CC2)cc1C. The lowest BCUT2D eigenvalue weighted by Crippen LogP contribution is -2.41. The summed E-state index contributed by atoms with van der Waals surface area (Å²) >= 11 is 0. The predicted octanol–water partition coefficient (Wildman–Crippen LogP) is 2.60. The molecule has 3 rings (SSSR count). The van der Waals surface area contributed by atoms with Crippen molar-refractivity contribution in [3.05, 3.63) is 47.5 Å². The van der Waals surface area contributed by atoms with Gasteiger partial charge in [-0.3, -0.25) is 4.79 Å². The molecule has 1 aliphatic heterocycles. The van der Waals surface area contributed by atoms with Crippen LogP contribution >= 0.6 is 0 Å². The van der Waals surface area contributed by atoms with Crippen molar-refractivity contribution in [3.8, 4) is 5.75 Å². The summed E-state index contributed by atoms with van der Waals surface area (Å²) in [6.45, 7) is 4.02. The second-order valence-corrected chi connectivity index (χ2v) is 12.7. The number of piperidine rings is 1. The Morgan fingerprint density at radius 3 is 2.15 bits per heavy atom. The minimum absolute atomic E-state index is 0.0918. The molecule has 9 nitrogen and oxygen atoms in total. The normalized spacial score (nSPS) is 15.9. The number of amides is 1. The van der Waals surface area contributed by atoms with Gasteiger partial charge in [-0.05, 0) is 68.1 Å². The first-order chi connectivity index (χ1) is 15.9. The number of aryl methyl sites for hydroxylation is 2. The summed E-state index contributed by atoms with van der Waals surface area (Å²) < 4.78 is 58.7. The van der Waals surface area contributed by atoms with Gasteiger partial charge in [0.25, 0.3) is 0 Å². The van der Waals surface area contributed by atoms with E-state index in [0.29, 0.717) is 24.3 Å². The van der Waals surface area contributed by atoms with Gasteiger partial charge >= 0.3 is 0 Å². The topological polar surface area (TPSA) is 113 Å². The molecule has 0 unspecified atom stereocenters. The number of methoxy groups -OCH3 is 1. The molecule has 0 radical (unpaired) electrons. The van der Waals surface area contributed by atoms with Crippen molar-refractivity contribution in [1.29, 1.82) is 0 Å². The van der Waals surface area contributed by atoms with Gasteiger partial charge < -0.3 is 10.1 Å². The van der Waals surface area contributed by atoms with Crippen LogP contribution < -0.4 is 10.1 Å². The minimum atomic E-state index is -3.68. The zero-order valence-electron chi connectivity index (χ0n) is 20.0. The fraction of sp³-hybridized carbons (Fsp3) is 0.435. The molecule has 2 aromatic rings. The van der Waals surface area contributed by atoms with Crippen molar-refractivity contribution in [1.82, 2.24) is 8.61 Å². The summed E-state index contributed by atoms with van der Waals surface area (Å²) in [6.07, 6.45) is 0.740. The van der Waals surface area contributed by atoms with E-state index >= 15 is 0 Å². The van der Waals surface area contributed by atoms with Gasteiger partial charge in [-0.1, -0.05) is 6.07 Å². The predicted molar refractivity (Wildman–Crippen MR) is 130 cm³/mol. The van der Waals surface area contributed by atoms with E-state index in [-0.39, 0.29) is 34.7 Å². The van der Waals surface area contributed by atoms with Crippen LogP contribution in [0.5, 0.6) is 5.75 Å².